The molecule has 0 unspecified atom stereocenters. The van der Waals surface area contributed by atoms with Gasteiger partial charge in [-0.1, -0.05) is 43.3 Å². The molecule has 0 spiro atoms. The van der Waals surface area contributed by atoms with Crippen molar-refractivity contribution in [1.82, 2.24) is 4.90 Å². The molecule has 12 heteroatoms. The normalized spacial score (nSPS) is 26.6. The summed E-state index contributed by atoms with van der Waals surface area (Å²) in [5, 5.41) is 0. The first-order valence-electron chi connectivity index (χ1n) is 16.6. The molecule has 3 aliphatic rings. The van der Waals surface area contributed by atoms with E-state index < -0.39 is 54.6 Å². The van der Waals surface area contributed by atoms with Gasteiger partial charge in [-0.25, -0.2) is 4.79 Å². The molecule has 5 rings (SSSR count). The van der Waals surface area contributed by atoms with Gasteiger partial charge in [-0.05, 0) is 68.3 Å². The fourth-order valence-electron chi connectivity index (χ4n) is 7.13. The molecular formula is C36H45NO11. The predicted octanol–water partition coefficient (Wildman–Crippen LogP) is 3.93. The number of hydrogen-bond donors (Lipinski definition) is 0. The second-order valence-electron chi connectivity index (χ2n) is 12.5. The summed E-state index contributed by atoms with van der Waals surface area (Å²) >= 11 is 0. The summed E-state index contributed by atoms with van der Waals surface area (Å²) in [5.41, 5.74) is 2.98. The van der Waals surface area contributed by atoms with Crippen LogP contribution in [0.25, 0.3) is 0 Å². The molecule has 7 atom stereocenters. The number of methoxy groups -OCH3 is 1. The van der Waals surface area contributed by atoms with Crippen LogP contribution in [0.4, 0.5) is 0 Å². The number of piperidine rings is 1. The molecule has 2 aliphatic heterocycles. The van der Waals surface area contributed by atoms with Gasteiger partial charge in [0.25, 0.3) is 0 Å². The quantitative estimate of drug-likeness (QED) is 0.254. The van der Waals surface area contributed by atoms with Crippen molar-refractivity contribution in [2.24, 2.45) is 5.92 Å². The van der Waals surface area contributed by atoms with E-state index in [1.807, 2.05) is 36.4 Å². The number of fused-ring (bicyclic) bond motifs is 2. The van der Waals surface area contributed by atoms with Crippen molar-refractivity contribution in [2.45, 2.75) is 103 Å². The molecular weight excluding hydrogens is 622 g/mol. The number of esters is 4. The summed E-state index contributed by atoms with van der Waals surface area (Å²) in [7, 11) is 1.15. The maximum absolute atomic E-state index is 13.0. The monoisotopic (exact) mass is 667 g/mol. The maximum Gasteiger partial charge on any atom is 0.339 e. The van der Waals surface area contributed by atoms with Crippen LogP contribution in [0.2, 0.25) is 0 Å². The molecule has 48 heavy (non-hydrogen) atoms. The van der Waals surface area contributed by atoms with Crippen molar-refractivity contribution in [3.63, 3.8) is 0 Å². The third-order valence-electron chi connectivity index (χ3n) is 9.07. The van der Waals surface area contributed by atoms with Gasteiger partial charge < -0.3 is 33.2 Å². The lowest BCUT2D eigenvalue weighted by atomic mass is 9.75. The zero-order valence-corrected chi connectivity index (χ0v) is 28.2. The average molecular weight is 668 g/mol. The molecule has 12 nitrogen and oxygen atoms in total. The third kappa shape index (κ3) is 8.10. The second kappa shape index (κ2) is 15.8. The summed E-state index contributed by atoms with van der Waals surface area (Å²) < 4.78 is 40.8. The van der Waals surface area contributed by atoms with Gasteiger partial charge in [-0.2, -0.15) is 0 Å². The van der Waals surface area contributed by atoms with Crippen LogP contribution < -0.4 is 9.47 Å². The number of carbonyl (C=O) groups excluding carboxylic acids is 4. The Hall–Kier alpha value is -4.16. The van der Waals surface area contributed by atoms with Gasteiger partial charge >= 0.3 is 23.9 Å². The highest BCUT2D eigenvalue weighted by Gasteiger charge is 2.56. The lowest BCUT2D eigenvalue weighted by Gasteiger charge is -2.46. The number of ether oxygens (including phenoxy) is 7. The zero-order chi connectivity index (χ0) is 34.4. The third-order valence-corrected chi connectivity index (χ3v) is 9.07. The lowest BCUT2D eigenvalue weighted by molar-refractivity contribution is -0.282. The Balaban J connectivity index is 1.58. The van der Waals surface area contributed by atoms with Gasteiger partial charge in [0.1, 0.15) is 6.61 Å². The molecule has 2 aromatic rings. The minimum Gasteiger partial charge on any atom is -0.485 e. The number of likely N-dealkylation sites (tertiary alicyclic amines) is 1. The van der Waals surface area contributed by atoms with E-state index >= 15 is 0 Å². The average Bonchev–Trinajstić information content (AvgIpc) is 3.05. The van der Waals surface area contributed by atoms with Crippen LogP contribution in [0.5, 0.6) is 11.5 Å². The molecule has 0 saturated carbocycles. The first-order chi connectivity index (χ1) is 23.1. The zero-order valence-electron chi connectivity index (χ0n) is 28.2. The van der Waals surface area contributed by atoms with Crippen LogP contribution in [-0.4, -0.2) is 85.7 Å². The molecule has 2 fully saturated rings. The highest BCUT2D eigenvalue weighted by molar-refractivity contribution is 5.77. The van der Waals surface area contributed by atoms with Crippen molar-refractivity contribution >= 4 is 23.9 Å². The fraction of sp³-hybridized carbons (Fsp3) is 0.556. The van der Waals surface area contributed by atoms with Gasteiger partial charge in [-0.15, -0.1) is 0 Å². The van der Waals surface area contributed by atoms with Crippen LogP contribution in [0.3, 0.4) is 0 Å². The van der Waals surface area contributed by atoms with Crippen molar-refractivity contribution in [3.8, 4) is 11.5 Å². The summed E-state index contributed by atoms with van der Waals surface area (Å²) in [5.74, 6) is -1.97. The first-order valence-corrected chi connectivity index (χ1v) is 16.6. The van der Waals surface area contributed by atoms with E-state index in [0.29, 0.717) is 29.9 Å². The van der Waals surface area contributed by atoms with Gasteiger partial charge in [0.15, 0.2) is 29.8 Å². The fourth-order valence-corrected chi connectivity index (χ4v) is 7.13. The van der Waals surface area contributed by atoms with E-state index in [0.717, 1.165) is 76.4 Å². The van der Waals surface area contributed by atoms with Gasteiger partial charge in [0.2, 0.25) is 12.4 Å². The minimum absolute atomic E-state index is 0.251. The second-order valence-corrected chi connectivity index (χ2v) is 12.5. The molecule has 260 valence electrons. The van der Waals surface area contributed by atoms with Crippen LogP contribution in [0.15, 0.2) is 42.5 Å². The van der Waals surface area contributed by atoms with Crippen LogP contribution >= 0.6 is 0 Å². The van der Waals surface area contributed by atoms with Crippen LogP contribution in [0.1, 0.15) is 63.6 Å². The smallest absolute Gasteiger partial charge is 0.339 e. The molecule has 2 heterocycles. The van der Waals surface area contributed by atoms with E-state index in [-0.39, 0.29) is 6.61 Å². The Bertz CT molecular complexity index is 1460. The molecule has 0 aromatic heterocycles. The highest BCUT2D eigenvalue weighted by atomic mass is 16.7. The summed E-state index contributed by atoms with van der Waals surface area (Å²) in [4.78, 5) is 52.5. The Morgan fingerprint density at radius 1 is 0.875 bits per heavy atom. The number of nitrogens with zero attached hydrogens (tertiary/aromatic N) is 1. The van der Waals surface area contributed by atoms with Crippen molar-refractivity contribution in [2.75, 3.05) is 20.2 Å². The molecule has 0 radical (unpaired) electrons. The SMILES string of the molecule is CCCN1CCC[C@@H]2Cc3c(ccc(OCc4ccccc4)c3O[C@@H]3O[C@H](C(=O)OC)[C@@H](OC(C)=O)[C@H](OC(C)=O)[C@H]3OC(C)=O)C[C@H]21. The molecule has 0 bridgehead atoms. The number of rotatable bonds is 11. The first kappa shape index (κ1) is 35.2. The Morgan fingerprint density at radius 3 is 2.23 bits per heavy atom. The molecule has 1 aliphatic carbocycles. The standard InChI is InChI=1S/C36H45NO11/c1-6-16-37-17-10-13-26-18-27-25(19-28(26)37)14-15-29(43-20-24-11-8-7-9-12-24)30(27)47-36-34(46-23(4)40)32(45-22(3)39)31(44-21(2)38)33(48-36)35(41)42-5/h7-9,11-12,14-15,26,28,31-34,36H,6,10,13,16-20H2,1-5H3/t26-,28-,31+,32+,33+,34-,36-/m1/s1. The van der Waals surface area contributed by atoms with Crippen molar-refractivity contribution in [3.05, 3.63) is 59.2 Å². The molecule has 0 amide bonds. The lowest BCUT2D eigenvalue weighted by Crippen LogP contribution is -2.64. The van der Waals surface area contributed by atoms with E-state index in [1.54, 1.807) is 0 Å². The van der Waals surface area contributed by atoms with Crippen molar-refractivity contribution < 1.29 is 52.3 Å². The van der Waals surface area contributed by atoms with E-state index in [9.17, 15) is 19.2 Å². The van der Waals surface area contributed by atoms with Crippen LogP contribution in [0, 0.1) is 5.92 Å². The predicted molar refractivity (Wildman–Crippen MR) is 171 cm³/mol. The number of benzene rings is 2. The molecule has 2 saturated heterocycles. The van der Waals surface area contributed by atoms with Gasteiger partial charge in [0.05, 0.1) is 7.11 Å². The Labute approximate surface area is 280 Å². The molecule has 0 N–H and O–H groups in total. The van der Waals surface area contributed by atoms with Crippen molar-refractivity contribution in [1.29, 1.82) is 0 Å². The molecule has 2 aromatic carbocycles. The van der Waals surface area contributed by atoms with Gasteiger partial charge in [0, 0.05) is 32.4 Å². The highest BCUT2D eigenvalue weighted by Crippen LogP contribution is 2.44. The number of hydrogen-bond acceptors (Lipinski definition) is 12. The Morgan fingerprint density at radius 2 is 1.56 bits per heavy atom. The minimum atomic E-state index is -1.57. The summed E-state index contributed by atoms with van der Waals surface area (Å²) in [6, 6.07) is 14.0. The van der Waals surface area contributed by atoms with E-state index in [2.05, 4.69) is 17.9 Å². The maximum atomic E-state index is 13.0. The summed E-state index contributed by atoms with van der Waals surface area (Å²) in [6.07, 6.45) is -2.66. The van der Waals surface area contributed by atoms with E-state index in [1.165, 1.54) is 6.92 Å². The topological polar surface area (TPSA) is 136 Å². The Kier molecular flexibility index (Phi) is 11.6. The van der Waals surface area contributed by atoms with Gasteiger partial charge in [-0.3, -0.25) is 19.3 Å². The largest absolute Gasteiger partial charge is 0.485 e. The van der Waals surface area contributed by atoms with E-state index in [4.69, 9.17) is 33.2 Å². The van der Waals surface area contributed by atoms with Crippen LogP contribution in [-0.2, 0) is 62.3 Å². The summed E-state index contributed by atoms with van der Waals surface area (Å²) in [6.45, 7) is 8.02. The number of carbonyl (C=O) groups is 4.